The summed E-state index contributed by atoms with van der Waals surface area (Å²) in [6, 6.07) is -0.355. The average Bonchev–Trinajstić information content (AvgIpc) is 2.70. The van der Waals surface area contributed by atoms with Gasteiger partial charge in [0.25, 0.3) is 0 Å². The summed E-state index contributed by atoms with van der Waals surface area (Å²) in [5, 5.41) is 28.2. The Hall–Kier alpha value is -1.58. The number of aliphatic carboxylic acids is 1. The summed E-state index contributed by atoms with van der Waals surface area (Å²) in [6.07, 6.45) is 0.400. The number of nitrogens with zero attached hydrogens (tertiary/aromatic N) is 1. The Balaban J connectivity index is 2.15. The number of nitrogens with one attached hydrogen (secondary N) is 2. The maximum absolute atomic E-state index is 12.0. The maximum Gasteiger partial charge on any atom is 0.352 e. The molecular formula is C12H17N3O5S. The van der Waals surface area contributed by atoms with Gasteiger partial charge < -0.3 is 25.0 Å². The van der Waals surface area contributed by atoms with Crippen molar-refractivity contribution in [1.82, 2.24) is 10.2 Å². The Morgan fingerprint density at radius 1 is 1.71 bits per heavy atom. The standard InChI is InChI=1S/C12H17N3O5S/c1-6(16)9-8-2-7(3-21(20)5-14-4-13)10(12(18)19)15(8)11(9)17/h4,6,8-9,16H,2-3,5H2,1H3,(H2,13,14)(H,18,19). The molecule has 0 aromatic carbocycles. The maximum atomic E-state index is 12.0. The number of amides is 1. The highest BCUT2D eigenvalue weighted by Gasteiger charge is 2.57. The van der Waals surface area contributed by atoms with Crippen LogP contribution in [0.3, 0.4) is 0 Å². The molecule has 1 amide bonds. The monoisotopic (exact) mass is 315 g/mol. The molecule has 2 aliphatic rings. The van der Waals surface area contributed by atoms with Crippen molar-refractivity contribution in [3.05, 3.63) is 11.3 Å². The minimum atomic E-state index is -1.37. The fourth-order valence-corrected chi connectivity index (χ4v) is 3.88. The number of carbonyl (C=O) groups excluding carboxylic acids is 1. The summed E-state index contributed by atoms with van der Waals surface area (Å²) >= 11 is -1.37. The lowest BCUT2D eigenvalue weighted by atomic mass is 9.83. The van der Waals surface area contributed by atoms with Gasteiger partial charge in [0.1, 0.15) is 11.4 Å². The molecule has 4 atom stereocenters. The molecule has 0 saturated carbocycles. The smallest absolute Gasteiger partial charge is 0.352 e. The van der Waals surface area contributed by atoms with Crippen molar-refractivity contribution >= 4 is 29.4 Å². The summed E-state index contributed by atoms with van der Waals surface area (Å²) < 4.78 is 11.8. The van der Waals surface area contributed by atoms with Gasteiger partial charge in [0.05, 0.1) is 24.4 Å². The molecular weight excluding hydrogens is 298 g/mol. The number of aliphatic hydroxyl groups excluding tert-OH is 1. The van der Waals surface area contributed by atoms with E-state index < -0.39 is 35.1 Å². The van der Waals surface area contributed by atoms with Gasteiger partial charge in [-0.2, -0.15) is 0 Å². The molecule has 116 valence electrons. The third-order valence-corrected chi connectivity index (χ3v) is 4.86. The summed E-state index contributed by atoms with van der Waals surface area (Å²) in [4.78, 5) is 24.5. The Morgan fingerprint density at radius 3 is 2.90 bits per heavy atom. The van der Waals surface area contributed by atoms with Crippen LogP contribution >= 0.6 is 0 Å². The molecule has 2 heterocycles. The van der Waals surface area contributed by atoms with Crippen LogP contribution in [0.1, 0.15) is 13.3 Å². The number of β-lactam (4-membered cyclic amide) rings is 1. The normalized spacial score (nSPS) is 27.0. The van der Waals surface area contributed by atoms with E-state index in [4.69, 9.17) is 5.41 Å². The molecule has 9 heteroatoms. The van der Waals surface area contributed by atoms with E-state index in [-0.39, 0.29) is 23.4 Å². The quantitative estimate of drug-likeness (QED) is 0.202. The molecule has 0 radical (unpaired) electrons. The highest BCUT2D eigenvalue weighted by atomic mass is 32.2. The van der Waals surface area contributed by atoms with Gasteiger partial charge in [-0.1, -0.05) is 0 Å². The first-order valence-corrected chi connectivity index (χ1v) is 7.91. The zero-order chi connectivity index (χ0) is 15.7. The van der Waals surface area contributed by atoms with Crippen molar-refractivity contribution in [2.75, 3.05) is 11.6 Å². The first kappa shape index (κ1) is 15.8. The second kappa shape index (κ2) is 6.04. The second-order valence-electron chi connectivity index (χ2n) is 5.08. The second-order valence-corrected chi connectivity index (χ2v) is 6.54. The topological polar surface area (TPSA) is 137 Å². The molecule has 0 aromatic heterocycles. The molecule has 0 aromatic rings. The molecule has 8 nitrogen and oxygen atoms in total. The van der Waals surface area contributed by atoms with Crippen LogP contribution in [0.15, 0.2) is 11.3 Å². The number of fused-ring (bicyclic) bond motifs is 1. The zero-order valence-electron chi connectivity index (χ0n) is 11.4. The van der Waals surface area contributed by atoms with E-state index in [9.17, 15) is 24.4 Å². The van der Waals surface area contributed by atoms with Crippen LogP contribution < -0.4 is 5.32 Å². The molecule has 2 rings (SSSR count). The Morgan fingerprint density at radius 2 is 2.38 bits per heavy atom. The summed E-state index contributed by atoms with van der Waals surface area (Å²) in [6.45, 7) is 1.50. The Bertz CT molecular complexity index is 507. The molecule has 1 saturated heterocycles. The van der Waals surface area contributed by atoms with Gasteiger partial charge in [-0.3, -0.25) is 10.2 Å². The van der Waals surface area contributed by atoms with Crippen molar-refractivity contribution in [3.8, 4) is 0 Å². The molecule has 21 heavy (non-hydrogen) atoms. The predicted molar refractivity (Wildman–Crippen MR) is 74.9 cm³/mol. The Kier molecular flexibility index (Phi) is 4.55. The van der Waals surface area contributed by atoms with Crippen LogP contribution in [0.4, 0.5) is 0 Å². The van der Waals surface area contributed by atoms with Crippen LogP contribution in [0.5, 0.6) is 0 Å². The van der Waals surface area contributed by atoms with Gasteiger partial charge in [0.2, 0.25) is 5.91 Å². The number of carboxylic acid groups (broad SMARTS) is 1. The van der Waals surface area contributed by atoms with Gasteiger partial charge in [-0.15, -0.1) is 0 Å². The number of hydrogen-bond donors (Lipinski definition) is 4. The van der Waals surface area contributed by atoms with Crippen LogP contribution in [0.2, 0.25) is 0 Å². The molecule has 2 aliphatic heterocycles. The van der Waals surface area contributed by atoms with E-state index in [1.165, 1.54) is 11.8 Å². The number of carbonyl (C=O) groups is 2. The molecule has 0 spiro atoms. The first-order valence-electron chi connectivity index (χ1n) is 6.42. The van der Waals surface area contributed by atoms with Crippen molar-refractivity contribution in [3.63, 3.8) is 0 Å². The van der Waals surface area contributed by atoms with Crippen molar-refractivity contribution in [1.29, 1.82) is 5.41 Å². The molecule has 0 aliphatic carbocycles. The summed E-state index contributed by atoms with van der Waals surface area (Å²) in [5.74, 6) is -2.12. The predicted octanol–water partition coefficient (Wildman–Crippen LogP) is -1.16. The third-order valence-electron chi connectivity index (χ3n) is 3.70. The van der Waals surface area contributed by atoms with Crippen LogP contribution in [-0.4, -0.2) is 61.7 Å². The molecule has 4 unspecified atom stereocenters. The van der Waals surface area contributed by atoms with Gasteiger partial charge >= 0.3 is 5.97 Å². The van der Waals surface area contributed by atoms with E-state index in [1.807, 2.05) is 0 Å². The SMILES string of the molecule is CC(O)C1C(=O)N2C(C(=O)O)=C(C[S+]([O-])CNC=N)CC12. The van der Waals surface area contributed by atoms with Crippen molar-refractivity contribution in [2.45, 2.75) is 25.5 Å². The lowest BCUT2D eigenvalue weighted by Crippen LogP contribution is -2.61. The fourth-order valence-electron chi connectivity index (χ4n) is 2.87. The third kappa shape index (κ3) is 2.76. The number of aliphatic hydroxyl groups is 1. The Labute approximate surface area is 124 Å². The number of hydrogen-bond acceptors (Lipinski definition) is 5. The van der Waals surface area contributed by atoms with E-state index >= 15 is 0 Å². The molecule has 1 fully saturated rings. The van der Waals surface area contributed by atoms with Crippen molar-refractivity contribution in [2.24, 2.45) is 5.92 Å². The van der Waals surface area contributed by atoms with Crippen LogP contribution in [-0.2, 0) is 20.8 Å². The number of carboxylic acids is 1. The summed E-state index contributed by atoms with van der Waals surface area (Å²) in [7, 11) is 0. The average molecular weight is 315 g/mol. The van der Waals surface area contributed by atoms with E-state index in [0.29, 0.717) is 12.0 Å². The number of rotatable bonds is 7. The van der Waals surface area contributed by atoms with E-state index in [1.54, 1.807) is 0 Å². The summed E-state index contributed by atoms with van der Waals surface area (Å²) in [5.41, 5.74) is 0.346. The highest BCUT2D eigenvalue weighted by Crippen LogP contribution is 2.43. The van der Waals surface area contributed by atoms with E-state index in [0.717, 1.165) is 6.34 Å². The minimum absolute atomic E-state index is 0.0370. The first-order chi connectivity index (χ1) is 9.88. The van der Waals surface area contributed by atoms with Crippen LogP contribution in [0, 0.1) is 11.3 Å². The zero-order valence-corrected chi connectivity index (χ0v) is 12.2. The van der Waals surface area contributed by atoms with Gasteiger partial charge in [-0.25, -0.2) is 4.79 Å². The van der Waals surface area contributed by atoms with Gasteiger partial charge in [0.15, 0.2) is 5.88 Å². The van der Waals surface area contributed by atoms with Crippen molar-refractivity contribution < 1.29 is 24.4 Å². The van der Waals surface area contributed by atoms with Gasteiger partial charge in [-0.05, 0) is 24.5 Å². The lowest BCUT2D eigenvalue weighted by Gasteiger charge is -2.44. The van der Waals surface area contributed by atoms with Gasteiger partial charge in [0, 0.05) is 5.57 Å². The molecule has 0 bridgehead atoms. The van der Waals surface area contributed by atoms with Crippen LogP contribution in [0.25, 0.3) is 0 Å². The highest BCUT2D eigenvalue weighted by molar-refractivity contribution is 7.91. The largest absolute Gasteiger partial charge is 0.615 e. The molecule has 4 N–H and O–H groups in total. The van der Waals surface area contributed by atoms with E-state index in [2.05, 4.69) is 5.32 Å². The lowest BCUT2D eigenvalue weighted by molar-refractivity contribution is -0.161. The minimum Gasteiger partial charge on any atom is -0.615 e. The fraction of sp³-hybridized carbons (Fsp3) is 0.583.